The molecule has 1 aromatic heterocycles. The van der Waals surface area contributed by atoms with Crippen LogP contribution in [-0.4, -0.2) is 10.9 Å². The van der Waals surface area contributed by atoms with E-state index in [0.717, 1.165) is 6.07 Å². The van der Waals surface area contributed by atoms with Crippen LogP contribution in [0.5, 0.6) is 0 Å². The van der Waals surface area contributed by atoms with Crippen LogP contribution in [-0.2, 0) is 0 Å². The highest BCUT2D eigenvalue weighted by Gasteiger charge is 2.16. The summed E-state index contributed by atoms with van der Waals surface area (Å²) in [6, 6.07) is 2.96. The molecule has 1 amide bonds. The molecule has 1 heterocycles. The standard InChI is InChI=1S/C12H7BrClF2N3O/c13-5-1-10(11(14)18-4-5)19-12(20)6-2-9(17)8(16)3-7(6)15/h1-4H,17H2,(H,19,20). The SMILES string of the molecule is Nc1cc(C(=O)Nc2cc(Br)cnc2Cl)c(F)cc1F. The number of carbonyl (C=O) groups excluding carboxylic acids is 1. The molecule has 0 aliphatic heterocycles. The van der Waals surface area contributed by atoms with Gasteiger partial charge >= 0.3 is 0 Å². The summed E-state index contributed by atoms with van der Waals surface area (Å²) in [5, 5.41) is 2.41. The monoisotopic (exact) mass is 361 g/mol. The molecule has 1 aromatic carbocycles. The number of aromatic nitrogens is 1. The van der Waals surface area contributed by atoms with E-state index in [1.54, 1.807) is 0 Å². The molecule has 0 radical (unpaired) electrons. The molecule has 0 bridgehead atoms. The van der Waals surface area contributed by atoms with Crippen LogP contribution >= 0.6 is 27.5 Å². The number of nitrogen functional groups attached to an aromatic ring is 1. The van der Waals surface area contributed by atoms with Gasteiger partial charge in [-0.15, -0.1) is 0 Å². The zero-order chi connectivity index (χ0) is 14.9. The van der Waals surface area contributed by atoms with Gasteiger partial charge in [0.15, 0.2) is 5.15 Å². The highest BCUT2D eigenvalue weighted by molar-refractivity contribution is 9.10. The number of nitrogens with two attached hydrogens (primary N) is 1. The zero-order valence-corrected chi connectivity index (χ0v) is 12.1. The van der Waals surface area contributed by atoms with Crippen molar-refractivity contribution in [1.82, 2.24) is 4.98 Å². The van der Waals surface area contributed by atoms with Gasteiger partial charge < -0.3 is 11.1 Å². The summed E-state index contributed by atoms with van der Waals surface area (Å²) < 4.78 is 27.2. The van der Waals surface area contributed by atoms with Crippen molar-refractivity contribution in [2.75, 3.05) is 11.1 Å². The molecule has 4 nitrogen and oxygen atoms in total. The summed E-state index contributed by atoms with van der Waals surface area (Å²) >= 11 is 8.96. The molecule has 0 saturated carbocycles. The van der Waals surface area contributed by atoms with Crippen molar-refractivity contribution in [2.24, 2.45) is 0 Å². The maximum Gasteiger partial charge on any atom is 0.258 e. The molecule has 0 atom stereocenters. The molecule has 3 N–H and O–H groups in total. The number of rotatable bonds is 2. The van der Waals surface area contributed by atoms with Gasteiger partial charge in [-0.25, -0.2) is 13.8 Å². The minimum atomic E-state index is -1.02. The molecular weight excluding hydrogens is 356 g/mol. The van der Waals surface area contributed by atoms with Crippen LogP contribution < -0.4 is 11.1 Å². The van der Waals surface area contributed by atoms with E-state index in [4.69, 9.17) is 17.3 Å². The largest absolute Gasteiger partial charge is 0.396 e. The van der Waals surface area contributed by atoms with Gasteiger partial charge in [-0.05, 0) is 28.1 Å². The molecule has 0 aliphatic carbocycles. The molecule has 0 spiro atoms. The Morgan fingerprint density at radius 2 is 2.00 bits per heavy atom. The Morgan fingerprint density at radius 1 is 1.30 bits per heavy atom. The van der Waals surface area contributed by atoms with E-state index in [1.165, 1.54) is 12.3 Å². The first-order chi connectivity index (χ1) is 9.38. The van der Waals surface area contributed by atoms with Gasteiger partial charge in [0.05, 0.1) is 16.9 Å². The number of nitrogens with one attached hydrogen (secondary N) is 1. The average molecular weight is 363 g/mol. The molecule has 0 unspecified atom stereocenters. The van der Waals surface area contributed by atoms with E-state index < -0.39 is 17.5 Å². The number of hydrogen-bond donors (Lipinski definition) is 2. The molecule has 2 rings (SSSR count). The maximum absolute atomic E-state index is 13.5. The van der Waals surface area contributed by atoms with Crippen molar-refractivity contribution in [3.8, 4) is 0 Å². The molecule has 0 fully saturated rings. The second-order valence-corrected chi connectivity index (χ2v) is 5.07. The number of nitrogens with zero attached hydrogens (tertiary/aromatic N) is 1. The Bertz CT molecular complexity index is 697. The van der Waals surface area contributed by atoms with Crippen molar-refractivity contribution < 1.29 is 13.6 Å². The summed E-state index contributed by atoms with van der Waals surface area (Å²) in [7, 11) is 0. The van der Waals surface area contributed by atoms with Gasteiger partial charge in [0.1, 0.15) is 11.6 Å². The fourth-order valence-electron chi connectivity index (χ4n) is 1.44. The average Bonchev–Trinajstić information content (AvgIpc) is 2.38. The summed E-state index contributed by atoms with van der Waals surface area (Å²) in [6.07, 6.45) is 1.44. The van der Waals surface area contributed by atoms with E-state index in [0.29, 0.717) is 10.5 Å². The summed E-state index contributed by atoms with van der Waals surface area (Å²) in [6.45, 7) is 0. The number of amides is 1. The van der Waals surface area contributed by atoms with Crippen molar-refractivity contribution >= 4 is 44.8 Å². The Balaban J connectivity index is 2.33. The van der Waals surface area contributed by atoms with Crippen LogP contribution in [0.3, 0.4) is 0 Å². The minimum absolute atomic E-state index is 0.0389. The number of pyridine rings is 1. The number of carbonyl (C=O) groups is 1. The van der Waals surface area contributed by atoms with Gasteiger partial charge in [-0.1, -0.05) is 11.6 Å². The molecule has 0 aliphatic rings. The second-order valence-electron chi connectivity index (χ2n) is 3.80. The smallest absolute Gasteiger partial charge is 0.258 e. The fourth-order valence-corrected chi connectivity index (χ4v) is 1.92. The predicted octanol–water partition coefficient (Wildman–Crippen LogP) is 3.61. The van der Waals surface area contributed by atoms with Crippen LogP contribution in [0.15, 0.2) is 28.9 Å². The Labute approximate surface area is 126 Å². The highest BCUT2D eigenvalue weighted by Crippen LogP contribution is 2.24. The molecular formula is C12H7BrClF2N3O. The van der Waals surface area contributed by atoms with Gasteiger partial charge in [0, 0.05) is 16.7 Å². The minimum Gasteiger partial charge on any atom is -0.396 e. The second kappa shape index (κ2) is 5.72. The highest BCUT2D eigenvalue weighted by atomic mass is 79.9. The first kappa shape index (κ1) is 14.7. The van der Waals surface area contributed by atoms with E-state index in [9.17, 15) is 13.6 Å². The van der Waals surface area contributed by atoms with Crippen LogP contribution in [0.1, 0.15) is 10.4 Å². The van der Waals surface area contributed by atoms with Crippen LogP contribution in [0.4, 0.5) is 20.2 Å². The Kier molecular flexibility index (Phi) is 4.20. The number of halogens is 4. The summed E-state index contributed by atoms with van der Waals surface area (Å²) in [4.78, 5) is 15.7. The summed E-state index contributed by atoms with van der Waals surface area (Å²) in [5.74, 6) is -2.76. The Morgan fingerprint density at radius 3 is 2.70 bits per heavy atom. The van der Waals surface area contributed by atoms with Crippen molar-refractivity contribution in [1.29, 1.82) is 0 Å². The molecule has 0 saturated heterocycles. The third-order valence-electron chi connectivity index (χ3n) is 2.38. The summed E-state index contributed by atoms with van der Waals surface area (Å²) in [5.41, 5.74) is 4.78. The van der Waals surface area contributed by atoms with Crippen LogP contribution in [0.25, 0.3) is 0 Å². The van der Waals surface area contributed by atoms with E-state index in [2.05, 4.69) is 26.2 Å². The first-order valence-corrected chi connectivity index (χ1v) is 6.42. The lowest BCUT2D eigenvalue weighted by Crippen LogP contribution is -2.15. The fraction of sp³-hybridized carbons (Fsp3) is 0. The van der Waals surface area contributed by atoms with E-state index in [1.807, 2.05) is 0 Å². The number of benzene rings is 1. The van der Waals surface area contributed by atoms with Crippen molar-refractivity contribution in [3.63, 3.8) is 0 Å². The third kappa shape index (κ3) is 3.05. The van der Waals surface area contributed by atoms with Gasteiger partial charge in [-0.2, -0.15) is 0 Å². The van der Waals surface area contributed by atoms with Gasteiger partial charge in [-0.3, -0.25) is 4.79 Å². The quantitative estimate of drug-likeness (QED) is 0.633. The molecule has 104 valence electrons. The normalized spacial score (nSPS) is 10.4. The number of hydrogen-bond acceptors (Lipinski definition) is 3. The molecule has 2 aromatic rings. The number of anilines is 2. The van der Waals surface area contributed by atoms with Crippen molar-refractivity contribution in [3.05, 3.63) is 51.2 Å². The molecule has 20 heavy (non-hydrogen) atoms. The van der Waals surface area contributed by atoms with Crippen LogP contribution in [0.2, 0.25) is 5.15 Å². The van der Waals surface area contributed by atoms with Gasteiger partial charge in [0.2, 0.25) is 0 Å². The van der Waals surface area contributed by atoms with E-state index in [-0.39, 0.29) is 22.1 Å². The first-order valence-electron chi connectivity index (χ1n) is 5.25. The lowest BCUT2D eigenvalue weighted by Gasteiger charge is -2.08. The van der Waals surface area contributed by atoms with Crippen molar-refractivity contribution in [2.45, 2.75) is 0 Å². The topological polar surface area (TPSA) is 68.0 Å². The maximum atomic E-state index is 13.5. The third-order valence-corrected chi connectivity index (χ3v) is 3.12. The van der Waals surface area contributed by atoms with Gasteiger partial charge in [0.25, 0.3) is 5.91 Å². The lowest BCUT2D eigenvalue weighted by molar-refractivity contribution is 0.102. The zero-order valence-electron chi connectivity index (χ0n) is 9.75. The lowest BCUT2D eigenvalue weighted by atomic mass is 10.1. The van der Waals surface area contributed by atoms with Crippen LogP contribution in [0, 0.1) is 11.6 Å². The Hall–Kier alpha value is -1.73. The van der Waals surface area contributed by atoms with E-state index >= 15 is 0 Å². The predicted molar refractivity (Wildman–Crippen MR) is 75.7 cm³/mol. The molecule has 8 heteroatoms.